The van der Waals surface area contributed by atoms with Crippen LogP contribution in [-0.2, 0) is 14.2 Å². The zero-order chi connectivity index (χ0) is 7.82. The Balaban J connectivity index is 2.77. The normalized spacial score (nSPS) is 10.8. The van der Waals surface area contributed by atoms with Gasteiger partial charge in [0, 0.05) is 7.11 Å². The standard InChI is InChI=1S/C7H16O3/c1-7(2)10-6-9-5-4-8-3/h7H,4-6H2,1-3H3. The van der Waals surface area contributed by atoms with E-state index in [0.717, 1.165) is 0 Å². The molecule has 3 nitrogen and oxygen atoms in total. The summed E-state index contributed by atoms with van der Waals surface area (Å²) in [5.74, 6) is 0. The lowest BCUT2D eigenvalue weighted by Crippen LogP contribution is -2.09. The molecule has 0 aliphatic carbocycles. The minimum atomic E-state index is 0.238. The van der Waals surface area contributed by atoms with Crippen molar-refractivity contribution in [2.24, 2.45) is 0 Å². The highest BCUT2D eigenvalue weighted by Gasteiger charge is 1.91. The lowest BCUT2D eigenvalue weighted by molar-refractivity contribution is -0.0874. The Morgan fingerprint density at radius 3 is 2.40 bits per heavy atom. The molecular weight excluding hydrogens is 132 g/mol. The van der Waals surface area contributed by atoms with Gasteiger partial charge >= 0.3 is 0 Å². The summed E-state index contributed by atoms with van der Waals surface area (Å²) in [5.41, 5.74) is 0. The third-order valence-electron chi connectivity index (χ3n) is 0.917. The number of hydrogen-bond donors (Lipinski definition) is 0. The molecule has 0 N–H and O–H groups in total. The first kappa shape index (κ1) is 9.88. The van der Waals surface area contributed by atoms with Gasteiger partial charge in [0.05, 0.1) is 19.3 Å². The van der Waals surface area contributed by atoms with Gasteiger partial charge in [-0.2, -0.15) is 0 Å². The highest BCUT2D eigenvalue weighted by atomic mass is 16.7. The largest absolute Gasteiger partial charge is 0.382 e. The number of methoxy groups -OCH3 is 1. The molecule has 0 bridgehead atoms. The molecule has 0 aromatic rings. The predicted molar refractivity (Wildman–Crippen MR) is 38.9 cm³/mol. The highest BCUT2D eigenvalue weighted by molar-refractivity contribution is 4.30. The van der Waals surface area contributed by atoms with Gasteiger partial charge in [0.2, 0.25) is 0 Å². The molecular formula is C7H16O3. The van der Waals surface area contributed by atoms with Crippen LogP contribution in [0.3, 0.4) is 0 Å². The molecule has 0 amide bonds. The minimum Gasteiger partial charge on any atom is -0.382 e. The van der Waals surface area contributed by atoms with Crippen molar-refractivity contribution in [3.63, 3.8) is 0 Å². The summed E-state index contributed by atoms with van der Waals surface area (Å²) in [6.45, 7) is 5.53. The molecule has 0 unspecified atom stereocenters. The van der Waals surface area contributed by atoms with Crippen molar-refractivity contribution in [1.82, 2.24) is 0 Å². The van der Waals surface area contributed by atoms with Crippen LogP contribution < -0.4 is 0 Å². The van der Waals surface area contributed by atoms with Crippen LogP contribution in [0, 0.1) is 0 Å². The Labute approximate surface area is 62.3 Å². The first-order valence-corrected chi connectivity index (χ1v) is 3.45. The topological polar surface area (TPSA) is 27.7 Å². The van der Waals surface area contributed by atoms with Crippen molar-refractivity contribution in [3.05, 3.63) is 0 Å². The average molecular weight is 148 g/mol. The van der Waals surface area contributed by atoms with E-state index < -0.39 is 0 Å². The van der Waals surface area contributed by atoms with Gasteiger partial charge in [-0.05, 0) is 13.8 Å². The second-order valence-corrected chi connectivity index (χ2v) is 2.23. The van der Waals surface area contributed by atoms with Gasteiger partial charge in [0.25, 0.3) is 0 Å². The zero-order valence-electron chi connectivity index (χ0n) is 6.92. The second kappa shape index (κ2) is 6.99. The lowest BCUT2D eigenvalue weighted by Gasteiger charge is -2.07. The molecule has 0 aliphatic rings. The van der Waals surface area contributed by atoms with Crippen molar-refractivity contribution < 1.29 is 14.2 Å². The molecule has 0 aliphatic heterocycles. The molecule has 62 valence electrons. The number of rotatable bonds is 6. The van der Waals surface area contributed by atoms with Crippen LogP contribution in [-0.4, -0.2) is 33.2 Å². The van der Waals surface area contributed by atoms with Crippen LogP contribution in [0.4, 0.5) is 0 Å². The van der Waals surface area contributed by atoms with E-state index in [9.17, 15) is 0 Å². The quantitative estimate of drug-likeness (QED) is 0.416. The molecule has 0 atom stereocenters. The van der Waals surface area contributed by atoms with Gasteiger partial charge in [0.1, 0.15) is 6.79 Å². The molecule has 0 saturated carbocycles. The van der Waals surface area contributed by atoms with E-state index in [4.69, 9.17) is 14.2 Å². The minimum absolute atomic E-state index is 0.238. The molecule has 0 radical (unpaired) electrons. The predicted octanol–water partition coefficient (Wildman–Crippen LogP) is 1.03. The first-order valence-electron chi connectivity index (χ1n) is 3.45. The van der Waals surface area contributed by atoms with Crippen LogP contribution in [0.1, 0.15) is 13.8 Å². The molecule has 3 heteroatoms. The Hall–Kier alpha value is -0.120. The van der Waals surface area contributed by atoms with Crippen molar-refractivity contribution in [1.29, 1.82) is 0 Å². The fraction of sp³-hybridized carbons (Fsp3) is 1.00. The van der Waals surface area contributed by atoms with Crippen molar-refractivity contribution in [3.8, 4) is 0 Å². The lowest BCUT2D eigenvalue weighted by atomic mass is 10.5. The summed E-state index contributed by atoms with van der Waals surface area (Å²) in [4.78, 5) is 0. The third kappa shape index (κ3) is 7.88. The molecule has 10 heavy (non-hydrogen) atoms. The Kier molecular flexibility index (Phi) is 6.91. The van der Waals surface area contributed by atoms with Crippen LogP contribution >= 0.6 is 0 Å². The maximum atomic E-state index is 5.11. The van der Waals surface area contributed by atoms with Gasteiger partial charge in [-0.3, -0.25) is 0 Å². The molecule has 0 heterocycles. The van der Waals surface area contributed by atoms with Crippen molar-refractivity contribution >= 4 is 0 Å². The van der Waals surface area contributed by atoms with E-state index in [1.807, 2.05) is 13.8 Å². The highest BCUT2D eigenvalue weighted by Crippen LogP contribution is 1.87. The molecule has 0 spiro atoms. The number of ether oxygens (including phenoxy) is 3. The van der Waals surface area contributed by atoms with Crippen LogP contribution in [0.15, 0.2) is 0 Å². The Bertz CT molecular complexity index is 63.9. The molecule has 0 saturated heterocycles. The smallest absolute Gasteiger partial charge is 0.147 e. The first-order chi connectivity index (χ1) is 4.77. The van der Waals surface area contributed by atoms with Crippen LogP contribution in [0.5, 0.6) is 0 Å². The summed E-state index contributed by atoms with van der Waals surface area (Å²) in [6, 6.07) is 0. The third-order valence-corrected chi connectivity index (χ3v) is 0.917. The maximum Gasteiger partial charge on any atom is 0.147 e. The fourth-order valence-corrected chi connectivity index (χ4v) is 0.385. The van der Waals surface area contributed by atoms with Gasteiger partial charge in [0.15, 0.2) is 0 Å². The zero-order valence-corrected chi connectivity index (χ0v) is 6.92. The van der Waals surface area contributed by atoms with Crippen LogP contribution in [0.25, 0.3) is 0 Å². The monoisotopic (exact) mass is 148 g/mol. The van der Waals surface area contributed by atoms with E-state index in [1.165, 1.54) is 0 Å². The van der Waals surface area contributed by atoms with Gasteiger partial charge in [-0.25, -0.2) is 0 Å². The molecule has 0 rings (SSSR count). The second-order valence-electron chi connectivity index (χ2n) is 2.23. The molecule has 0 aromatic carbocycles. The van der Waals surface area contributed by atoms with E-state index in [-0.39, 0.29) is 6.10 Å². The summed E-state index contributed by atoms with van der Waals surface area (Å²) in [5, 5.41) is 0. The van der Waals surface area contributed by atoms with E-state index in [2.05, 4.69) is 0 Å². The van der Waals surface area contributed by atoms with Gasteiger partial charge < -0.3 is 14.2 Å². The summed E-state index contributed by atoms with van der Waals surface area (Å²) >= 11 is 0. The van der Waals surface area contributed by atoms with Gasteiger partial charge in [-0.1, -0.05) is 0 Å². The van der Waals surface area contributed by atoms with E-state index in [0.29, 0.717) is 20.0 Å². The average Bonchev–Trinajstić information content (AvgIpc) is 1.87. The summed E-state index contributed by atoms with van der Waals surface area (Å²) in [6.07, 6.45) is 0.238. The summed E-state index contributed by atoms with van der Waals surface area (Å²) < 4.78 is 14.9. The maximum absolute atomic E-state index is 5.11. The SMILES string of the molecule is COCCOCOC(C)C. The Morgan fingerprint density at radius 2 is 1.90 bits per heavy atom. The van der Waals surface area contributed by atoms with E-state index in [1.54, 1.807) is 7.11 Å². The summed E-state index contributed by atoms with van der Waals surface area (Å²) in [7, 11) is 1.65. The fourth-order valence-electron chi connectivity index (χ4n) is 0.385. The molecule has 0 aromatic heterocycles. The van der Waals surface area contributed by atoms with Crippen molar-refractivity contribution in [2.45, 2.75) is 20.0 Å². The Morgan fingerprint density at radius 1 is 1.20 bits per heavy atom. The van der Waals surface area contributed by atoms with E-state index >= 15 is 0 Å². The number of hydrogen-bond acceptors (Lipinski definition) is 3. The van der Waals surface area contributed by atoms with Crippen LogP contribution in [0.2, 0.25) is 0 Å². The molecule has 0 fully saturated rings. The van der Waals surface area contributed by atoms with Gasteiger partial charge in [-0.15, -0.1) is 0 Å². The van der Waals surface area contributed by atoms with Crippen molar-refractivity contribution in [2.75, 3.05) is 27.1 Å².